The number of amides is 2. The normalized spacial score (nSPS) is 26.4. The number of hydrazine groups is 1. The number of rotatable bonds is 3. The first-order chi connectivity index (χ1) is 10.5. The first kappa shape index (κ1) is 17.8. The first-order valence-electron chi connectivity index (χ1n) is 8.22. The highest BCUT2D eigenvalue weighted by molar-refractivity contribution is 6.78. The van der Waals surface area contributed by atoms with E-state index in [0.717, 1.165) is 0 Å². The number of fused-ring (bicyclic) bond motifs is 2. The van der Waals surface area contributed by atoms with Crippen molar-refractivity contribution in [2.75, 3.05) is 0 Å². The third kappa shape index (κ3) is 3.39. The zero-order chi connectivity index (χ0) is 17.5. The number of hydrogen-bond donors (Lipinski definition) is 0. The van der Waals surface area contributed by atoms with Crippen LogP contribution in [0.4, 0.5) is 9.59 Å². The van der Waals surface area contributed by atoms with E-state index in [2.05, 4.69) is 19.6 Å². The third-order valence-corrected chi connectivity index (χ3v) is 6.77. The Labute approximate surface area is 139 Å². The van der Waals surface area contributed by atoms with Gasteiger partial charge in [0.15, 0.2) is 0 Å². The summed E-state index contributed by atoms with van der Waals surface area (Å²) in [5.74, 6) is 0. The number of carbonyl (C=O) groups is 2. The molecule has 6 nitrogen and oxygen atoms in total. The molecular formula is C16H28N2O4Si. The molecule has 1 fully saturated rings. The van der Waals surface area contributed by atoms with Crippen molar-refractivity contribution in [3.63, 3.8) is 0 Å². The van der Waals surface area contributed by atoms with Gasteiger partial charge in [-0.1, -0.05) is 31.8 Å². The van der Waals surface area contributed by atoms with Gasteiger partial charge in [-0.2, -0.15) is 0 Å². The van der Waals surface area contributed by atoms with Gasteiger partial charge >= 0.3 is 12.2 Å². The molecule has 2 rings (SSSR count). The molecule has 0 aromatic carbocycles. The van der Waals surface area contributed by atoms with Gasteiger partial charge in [0.1, 0.15) is 0 Å². The molecule has 2 unspecified atom stereocenters. The van der Waals surface area contributed by atoms with E-state index in [1.807, 2.05) is 12.2 Å². The van der Waals surface area contributed by atoms with Gasteiger partial charge in [0.2, 0.25) is 0 Å². The molecule has 2 amide bonds. The van der Waals surface area contributed by atoms with Crippen molar-refractivity contribution in [1.82, 2.24) is 10.0 Å². The highest BCUT2D eigenvalue weighted by atomic mass is 28.3. The summed E-state index contributed by atoms with van der Waals surface area (Å²) in [7, 11) is -1.60. The summed E-state index contributed by atoms with van der Waals surface area (Å²) in [5.41, 5.74) is 0.252. The fraction of sp³-hybridized carbons (Fsp3) is 0.750. The van der Waals surface area contributed by atoms with Crippen LogP contribution in [-0.2, 0) is 9.47 Å². The molecule has 2 bridgehead atoms. The summed E-state index contributed by atoms with van der Waals surface area (Å²) in [6.07, 6.45) is 2.60. The Bertz CT molecular complexity index is 475. The lowest BCUT2D eigenvalue weighted by Gasteiger charge is -2.34. The van der Waals surface area contributed by atoms with Crippen molar-refractivity contribution in [1.29, 1.82) is 0 Å². The largest absolute Gasteiger partial charge is 0.445 e. The molecule has 1 heterocycles. The minimum atomic E-state index is -1.60. The lowest BCUT2D eigenvalue weighted by atomic mass is 10.2. The average Bonchev–Trinajstić information content (AvgIpc) is 2.91. The molecule has 1 saturated heterocycles. The van der Waals surface area contributed by atoms with Gasteiger partial charge in [-0.15, -0.1) is 0 Å². The summed E-state index contributed by atoms with van der Waals surface area (Å²) in [6.45, 7) is 14.0. The number of nitrogens with zero attached hydrogens (tertiary/aromatic N) is 2. The Kier molecular flexibility index (Phi) is 4.80. The lowest BCUT2D eigenvalue weighted by molar-refractivity contribution is -0.0296. The van der Waals surface area contributed by atoms with Gasteiger partial charge in [-0.25, -0.2) is 19.6 Å². The number of carbonyl (C=O) groups excluding carboxylic acids is 2. The van der Waals surface area contributed by atoms with E-state index in [9.17, 15) is 9.59 Å². The van der Waals surface area contributed by atoms with Crippen LogP contribution in [0.15, 0.2) is 12.2 Å². The zero-order valence-corrected chi connectivity index (χ0v) is 16.1. The minimum Gasteiger partial charge on any atom is -0.445 e. The molecule has 0 saturated carbocycles. The average molecular weight is 340 g/mol. The Morgan fingerprint density at radius 1 is 0.870 bits per heavy atom. The smallest absolute Gasteiger partial charge is 0.429 e. The second-order valence-corrected chi connectivity index (χ2v) is 13.2. The number of ether oxygens (including phenoxy) is 2. The molecular weight excluding hydrogens is 312 g/mol. The molecule has 23 heavy (non-hydrogen) atoms. The quantitative estimate of drug-likeness (QED) is 0.581. The maximum absolute atomic E-state index is 12.6. The van der Waals surface area contributed by atoms with Crippen molar-refractivity contribution >= 4 is 20.3 Å². The van der Waals surface area contributed by atoms with Crippen LogP contribution in [0.25, 0.3) is 0 Å². The van der Waals surface area contributed by atoms with E-state index < -0.39 is 20.3 Å². The zero-order valence-electron chi connectivity index (χ0n) is 15.1. The summed E-state index contributed by atoms with van der Waals surface area (Å²) < 4.78 is 10.7. The molecule has 0 aromatic heterocycles. The van der Waals surface area contributed by atoms with Crippen LogP contribution in [0.3, 0.4) is 0 Å². The first-order valence-corrected chi connectivity index (χ1v) is 11.8. The molecule has 7 heteroatoms. The van der Waals surface area contributed by atoms with E-state index in [1.54, 1.807) is 27.7 Å². The van der Waals surface area contributed by atoms with Crippen LogP contribution in [0.1, 0.15) is 27.7 Å². The minimum absolute atomic E-state index is 0.127. The fourth-order valence-electron chi connectivity index (χ4n) is 3.38. The van der Waals surface area contributed by atoms with E-state index >= 15 is 0 Å². The highest BCUT2D eigenvalue weighted by Crippen LogP contribution is 2.47. The van der Waals surface area contributed by atoms with Crippen LogP contribution in [0.2, 0.25) is 25.2 Å². The topological polar surface area (TPSA) is 59.1 Å². The van der Waals surface area contributed by atoms with Gasteiger partial charge in [0.05, 0.1) is 32.4 Å². The van der Waals surface area contributed by atoms with Crippen molar-refractivity contribution in [3.05, 3.63) is 12.2 Å². The molecule has 2 atom stereocenters. The molecule has 130 valence electrons. The summed E-state index contributed by atoms with van der Waals surface area (Å²) in [6, 6.07) is -0.254. The molecule has 1 aliphatic heterocycles. The number of hydrogen-bond acceptors (Lipinski definition) is 4. The molecule has 0 aromatic rings. The molecule has 0 radical (unpaired) electrons. The second-order valence-electron chi connectivity index (χ2n) is 7.81. The molecule has 1 aliphatic carbocycles. The monoisotopic (exact) mass is 340 g/mol. The SMILES string of the molecule is CC(C)OC(=O)N1C2C=CC(C2[Si](C)(C)C)N1C(=O)OC(C)C. The van der Waals surface area contributed by atoms with Crippen molar-refractivity contribution in [2.45, 2.75) is 77.2 Å². The lowest BCUT2D eigenvalue weighted by Crippen LogP contribution is -2.52. The second kappa shape index (κ2) is 6.18. The summed E-state index contributed by atoms with van der Waals surface area (Å²) in [4.78, 5) is 25.1. The van der Waals surface area contributed by atoms with Gasteiger partial charge in [0, 0.05) is 5.54 Å². The van der Waals surface area contributed by atoms with Crippen LogP contribution in [0, 0.1) is 0 Å². The van der Waals surface area contributed by atoms with Crippen LogP contribution >= 0.6 is 0 Å². The maximum atomic E-state index is 12.6. The van der Waals surface area contributed by atoms with Crippen molar-refractivity contribution < 1.29 is 19.1 Å². The van der Waals surface area contributed by atoms with Crippen molar-refractivity contribution in [2.24, 2.45) is 0 Å². The third-order valence-electron chi connectivity index (χ3n) is 4.09. The van der Waals surface area contributed by atoms with Gasteiger partial charge in [0.25, 0.3) is 0 Å². The van der Waals surface area contributed by atoms with Crippen molar-refractivity contribution in [3.8, 4) is 0 Å². The van der Waals surface area contributed by atoms with E-state index in [-0.39, 0.29) is 29.8 Å². The Hall–Kier alpha value is -1.50. The Morgan fingerprint density at radius 2 is 1.22 bits per heavy atom. The van der Waals surface area contributed by atoms with Crippen LogP contribution in [0.5, 0.6) is 0 Å². The summed E-state index contributed by atoms with van der Waals surface area (Å²) in [5, 5.41) is 2.91. The predicted molar refractivity (Wildman–Crippen MR) is 90.7 cm³/mol. The molecule has 0 N–H and O–H groups in total. The van der Waals surface area contributed by atoms with E-state index in [0.29, 0.717) is 0 Å². The maximum Gasteiger partial charge on any atom is 0.429 e. The molecule has 2 aliphatic rings. The Balaban J connectivity index is 2.34. The Morgan fingerprint density at radius 3 is 1.48 bits per heavy atom. The van der Waals surface area contributed by atoms with E-state index in [1.165, 1.54) is 10.0 Å². The molecule has 0 spiro atoms. The standard InChI is InChI=1S/C16H28N2O4Si/c1-10(2)21-15(19)17-12-8-9-13(14(12)23(5,6)7)18(17)16(20)22-11(3)4/h8-14H,1-7H3. The highest BCUT2D eigenvalue weighted by Gasteiger charge is 2.58. The summed E-state index contributed by atoms with van der Waals surface area (Å²) >= 11 is 0. The van der Waals surface area contributed by atoms with Gasteiger partial charge < -0.3 is 9.47 Å². The fourth-order valence-corrected chi connectivity index (χ4v) is 5.93. The van der Waals surface area contributed by atoms with Crippen LogP contribution < -0.4 is 0 Å². The van der Waals surface area contributed by atoms with E-state index in [4.69, 9.17) is 9.47 Å². The van der Waals surface area contributed by atoms with Crippen LogP contribution in [-0.4, -0.2) is 54.6 Å². The predicted octanol–water partition coefficient (Wildman–Crippen LogP) is 3.62. The van der Waals surface area contributed by atoms with Gasteiger partial charge in [-0.3, -0.25) is 0 Å². The van der Waals surface area contributed by atoms with Gasteiger partial charge in [-0.05, 0) is 27.7 Å².